The van der Waals surface area contributed by atoms with E-state index < -0.39 is 31.5 Å². The van der Waals surface area contributed by atoms with Crippen LogP contribution < -0.4 is 4.74 Å². The van der Waals surface area contributed by atoms with E-state index in [4.69, 9.17) is 4.74 Å². The van der Waals surface area contributed by atoms with Crippen LogP contribution in [-0.2, 0) is 6.54 Å². The summed E-state index contributed by atoms with van der Waals surface area (Å²) in [4.78, 5) is 25.3. The van der Waals surface area contributed by atoms with E-state index in [-0.39, 0.29) is 16.1 Å². The first kappa shape index (κ1) is 25.0. The number of halogens is 3. The Morgan fingerprint density at radius 1 is 1.12 bits per heavy atom. The molecule has 0 saturated carbocycles. The zero-order valence-corrected chi connectivity index (χ0v) is 21.9. The maximum absolute atomic E-state index is 15.6. The summed E-state index contributed by atoms with van der Waals surface area (Å²) >= 11 is -2.31. The minimum absolute atomic E-state index is 0.0725. The molecule has 0 aliphatic carbocycles. The van der Waals surface area contributed by atoms with Gasteiger partial charge in [0, 0.05) is 0 Å². The van der Waals surface area contributed by atoms with E-state index in [0.717, 1.165) is 3.57 Å². The van der Waals surface area contributed by atoms with Crippen molar-refractivity contribution in [2.75, 3.05) is 53.6 Å². The Labute approximate surface area is 201 Å². The molecular formula is C23H30F2IN5O2. The maximum atomic E-state index is 15.6. The molecular weight excluding hydrogens is 543 g/mol. The predicted molar refractivity (Wildman–Crippen MR) is 134 cm³/mol. The predicted octanol–water partition coefficient (Wildman–Crippen LogP) is 3.78. The summed E-state index contributed by atoms with van der Waals surface area (Å²) in [7, 11) is 8.50. The summed E-state index contributed by atoms with van der Waals surface area (Å²) in [5, 5.41) is 0. The molecule has 33 heavy (non-hydrogen) atoms. The van der Waals surface area contributed by atoms with Gasteiger partial charge in [0.25, 0.3) is 0 Å². The number of hydrogen-bond acceptors (Lipinski definition) is 3. The molecule has 0 N–H and O–H groups in total. The Balaban J connectivity index is 1.84. The van der Waals surface area contributed by atoms with Crippen LogP contribution in [0.1, 0.15) is 5.56 Å². The fourth-order valence-electron chi connectivity index (χ4n) is 3.79. The minimum atomic E-state index is -2.31. The fraction of sp³-hybridized carbons (Fsp3) is 0.391. The summed E-state index contributed by atoms with van der Waals surface area (Å²) in [6.07, 6.45) is 0. The Hall–Kier alpha value is -2.63. The molecule has 1 aliphatic rings. The molecule has 0 atom stereocenters. The van der Waals surface area contributed by atoms with E-state index in [0.29, 0.717) is 30.6 Å². The van der Waals surface area contributed by atoms with Crippen LogP contribution in [0.4, 0.5) is 13.6 Å². The van der Waals surface area contributed by atoms with Gasteiger partial charge in [-0.25, -0.2) is 0 Å². The first-order chi connectivity index (χ1) is 15.7. The molecule has 180 valence electrons. The number of ether oxygens (including phenoxy) is 1. The molecule has 2 aromatic carbocycles. The number of hydrogen-bond donors (Lipinski definition) is 0. The van der Waals surface area contributed by atoms with Crippen LogP contribution in [0.25, 0.3) is 0 Å². The number of urea groups is 1. The van der Waals surface area contributed by atoms with Crippen molar-refractivity contribution in [1.82, 2.24) is 19.6 Å². The standard InChI is InChI=1S/C23H30F2IN5O2/c1-26(17-8-10-18(33-6)11-9-17)21-19(24)12-7-16(20(21)25)13-28(3)22(27-2)31-14-29(4)23(32)30(5)15-31/h7-12H,13-15H2,1-6H3. The van der Waals surface area contributed by atoms with Gasteiger partial charge in [-0.15, -0.1) is 0 Å². The van der Waals surface area contributed by atoms with Crippen LogP contribution >= 0.6 is 19.8 Å². The monoisotopic (exact) mass is 573 g/mol. The van der Waals surface area contributed by atoms with Gasteiger partial charge in [0.15, 0.2) is 0 Å². The van der Waals surface area contributed by atoms with Gasteiger partial charge in [0.05, 0.1) is 0 Å². The van der Waals surface area contributed by atoms with Crippen LogP contribution in [0.5, 0.6) is 5.75 Å². The third-order valence-corrected chi connectivity index (χ3v) is 10.6. The zero-order chi connectivity index (χ0) is 24.3. The Bertz CT molecular complexity index is 1020. The van der Waals surface area contributed by atoms with E-state index in [1.807, 2.05) is 46.0 Å². The summed E-state index contributed by atoms with van der Waals surface area (Å²) in [6.45, 7) is 0.968. The summed E-state index contributed by atoms with van der Waals surface area (Å²) in [5.41, 5.74) is 0.405. The van der Waals surface area contributed by atoms with Gasteiger partial charge >= 0.3 is 201 Å². The van der Waals surface area contributed by atoms with Crippen molar-refractivity contribution in [3.63, 3.8) is 0 Å². The molecule has 0 radical (unpaired) electrons. The van der Waals surface area contributed by atoms with Gasteiger partial charge in [-0.05, 0) is 0 Å². The molecule has 1 saturated heterocycles. The van der Waals surface area contributed by atoms with E-state index in [9.17, 15) is 9.18 Å². The van der Waals surface area contributed by atoms with E-state index in [2.05, 4.69) is 4.99 Å². The quantitative estimate of drug-likeness (QED) is 0.180. The molecule has 1 aliphatic heterocycles. The second-order valence-electron chi connectivity index (χ2n) is 7.85. The molecule has 0 spiro atoms. The summed E-state index contributed by atoms with van der Waals surface area (Å²) < 4.78 is 36.7. The number of carbonyl (C=O) groups excluding carboxylic acids is 1. The van der Waals surface area contributed by atoms with Crippen molar-refractivity contribution in [3.05, 3.63) is 60.7 Å². The van der Waals surface area contributed by atoms with Crippen molar-refractivity contribution in [2.24, 2.45) is 4.99 Å². The van der Waals surface area contributed by atoms with Crippen LogP contribution in [0.2, 0.25) is 0 Å². The van der Waals surface area contributed by atoms with Crippen molar-refractivity contribution < 1.29 is 18.3 Å². The van der Waals surface area contributed by atoms with Crippen molar-refractivity contribution in [3.8, 4) is 5.75 Å². The fourth-order valence-corrected chi connectivity index (χ4v) is 7.86. The second kappa shape index (κ2) is 10.5. The normalized spacial score (nSPS) is 15.2. The zero-order valence-electron chi connectivity index (χ0n) is 19.8. The molecule has 2 amide bonds. The number of guanidine groups is 1. The van der Waals surface area contributed by atoms with Gasteiger partial charge in [-0.2, -0.15) is 0 Å². The molecule has 0 aromatic heterocycles. The molecule has 3 rings (SSSR count). The van der Waals surface area contributed by atoms with Gasteiger partial charge < -0.3 is 0 Å². The number of alkyl halides is 1. The third-order valence-electron chi connectivity index (χ3n) is 5.43. The number of carbonyl (C=O) groups is 1. The first-order valence-corrected chi connectivity index (χ1v) is 14.6. The Morgan fingerprint density at radius 2 is 1.73 bits per heavy atom. The average Bonchev–Trinajstić information content (AvgIpc) is 2.79. The van der Waals surface area contributed by atoms with Crippen LogP contribution in [-0.4, -0.2) is 85.2 Å². The van der Waals surface area contributed by atoms with Crippen LogP contribution in [0, 0.1) is 18.8 Å². The SMILES string of the molecule is CN=C(N(C)Cc1ccc(F)c(I(C)c2ccc(OC)cc2)c1F)N1CN(C)C(=O)N(C)C1. The number of benzene rings is 2. The van der Waals surface area contributed by atoms with Crippen molar-refractivity contribution >= 4 is 31.8 Å². The van der Waals surface area contributed by atoms with E-state index in [1.165, 1.54) is 12.1 Å². The Morgan fingerprint density at radius 3 is 2.27 bits per heavy atom. The van der Waals surface area contributed by atoms with Gasteiger partial charge in [-0.1, -0.05) is 0 Å². The van der Waals surface area contributed by atoms with E-state index in [1.54, 1.807) is 38.1 Å². The number of amides is 2. The Kier molecular flexibility index (Phi) is 7.98. The molecule has 0 bridgehead atoms. The van der Waals surface area contributed by atoms with Crippen molar-refractivity contribution in [1.29, 1.82) is 0 Å². The number of nitrogens with zero attached hydrogens (tertiary/aromatic N) is 5. The molecule has 1 heterocycles. The summed E-state index contributed by atoms with van der Waals surface area (Å²) in [5.74, 6) is 0.323. The topological polar surface area (TPSA) is 51.6 Å². The number of aliphatic imine (C=N–C) groups is 1. The van der Waals surface area contributed by atoms with Crippen LogP contribution in [0.3, 0.4) is 0 Å². The van der Waals surface area contributed by atoms with Gasteiger partial charge in [0.1, 0.15) is 0 Å². The molecule has 7 nitrogen and oxygen atoms in total. The molecule has 2 aromatic rings. The summed E-state index contributed by atoms with van der Waals surface area (Å²) in [6, 6.07) is 10.2. The van der Waals surface area contributed by atoms with Gasteiger partial charge in [0.2, 0.25) is 0 Å². The number of rotatable bonds is 5. The molecule has 10 heteroatoms. The van der Waals surface area contributed by atoms with Gasteiger partial charge in [-0.3, -0.25) is 0 Å². The molecule has 0 unspecified atom stereocenters. The number of methoxy groups -OCH3 is 1. The van der Waals surface area contributed by atoms with Crippen LogP contribution in [0.15, 0.2) is 41.4 Å². The molecule has 1 fully saturated rings. The van der Waals surface area contributed by atoms with Crippen molar-refractivity contribution in [2.45, 2.75) is 6.54 Å². The van der Waals surface area contributed by atoms with E-state index >= 15 is 4.39 Å². The first-order valence-electron chi connectivity index (χ1n) is 10.3. The third kappa shape index (κ3) is 5.31. The second-order valence-corrected chi connectivity index (χ2v) is 12.9. The average molecular weight is 573 g/mol.